The van der Waals surface area contributed by atoms with Gasteiger partial charge in [0.25, 0.3) is 6.43 Å². The van der Waals surface area contributed by atoms with Gasteiger partial charge in [0, 0.05) is 42.5 Å². The van der Waals surface area contributed by atoms with E-state index in [0.717, 1.165) is 24.2 Å². The van der Waals surface area contributed by atoms with Crippen molar-refractivity contribution in [1.29, 1.82) is 0 Å². The number of halogens is 2. The normalized spacial score (nSPS) is 15.7. The summed E-state index contributed by atoms with van der Waals surface area (Å²) >= 11 is 0. The SMILES string of the molecule is C=C/C(=C(\N=C)C(F)F)c1cnc2c(c1)CNCC2. The molecule has 3 nitrogen and oxygen atoms in total. The molecule has 19 heavy (non-hydrogen) atoms. The van der Waals surface area contributed by atoms with Gasteiger partial charge in [-0.05, 0) is 18.3 Å². The van der Waals surface area contributed by atoms with Crippen molar-refractivity contribution >= 4 is 12.3 Å². The Balaban J connectivity index is 2.50. The molecule has 0 spiro atoms. The second-order valence-corrected chi connectivity index (χ2v) is 4.22. The van der Waals surface area contributed by atoms with Crippen LogP contribution in [-0.2, 0) is 13.0 Å². The fourth-order valence-electron chi connectivity index (χ4n) is 2.14. The molecule has 1 aromatic rings. The van der Waals surface area contributed by atoms with E-state index >= 15 is 0 Å². The van der Waals surface area contributed by atoms with Crippen molar-refractivity contribution in [2.24, 2.45) is 4.99 Å². The quantitative estimate of drug-likeness (QED) is 0.669. The van der Waals surface area contributed by atoms with Crippen molar-refractivity contribution in [3.05, 3.63) is 47.4 Å². The second kappa shape index (κ2) is 5.84. The van der Waals surface area contributed by atoms with E-state index in [1.165, 1.54) is 6.08 Å². The number of hydrogen-bond acceptors (Lipinski definition) is 3. The molecule has 0 amide bonds. The van der Waals surface area contributed by atoms with Crippen LogP contribution < -0.4 is 5.32 Å². The Morgan fingerprint density at radius 1 is 1.53 bits per heavy atom. The van der Waals surface area contributed by atoms with E-state index in [-0.39, 0.29) is 11.3 Å². The Kier molecular flexibility index (Phi) is 4.16. The first-order chi connectivity index (χ1) is 9.17. The van der Waals surface area contributed by atoms with Crippen LogP contribution in [0, 0.1) is 0 Å². The Bertz CT molecular complexity index is 535. The highest BCUT2D eigenvalue weighted by atomic mass is 19.3. The van der Waals surface area contributed by atoms with Crippen LogP contribution in [-0.4, -0.2) is 24.7 Å². The van der Waals surface area contributed by atoms with Gasteiger partial charge in [0.05, 0.1) is 0 Å². The average Bonchev–Trinajstić information content (AvgIpc) is 2.43. The molecule has 1 aliphatic rings. The molecule has 2 rings (SSSR count). The molecule has 2 heterocycles. The van der Waals surface area contributed by atoms with Crippen LogP contribution in [0.15, 0.2) is 35.6 Å². The molecular weight excluding hydrogens is 248 g/mol. The lowest BCUT2D eigenvalue weighted by molar-refractivity contribution is 0.189. The summed E-state index contributed by atoms with van der Waals surface area (Å²) in [7, 11) is 0. The lowest BCUT2D eigenvalue weighted by atomic mass is 10.00. The number of hydrogen-bond donors (Lipinski definition) is 1. The molecule has 5 heteroatoms. The number of nitrogens with one attached hydrogen (secondary N) is 1. The fourth-order valence-corrected chi connectivity index (χ4v) is 2.14. The Morgan fingerprint density at radius 2 is 2.32 bits per heavy atom. The summed E-state index contributed by atoms with van der Waals surface area (Å²) < 4.78 is 25.8. The van der Waals surface area contributed by atoms with Gasteiger partial charge in [0.15, 0.2) is 0 Å². The van der Waals surface area contributed by atoms with Crippen molar-refractivity contribution in [2.45, 2.75) is 19.4 Å². The zero-order valence-corrected chi connectivity index (χ0v) is 10.5. The standard InChI is InChI=1S/C14H15F2N3/c1-3-11(13(17-2)14(15)16)9-6-10-7-18-5-4-12(10)19-8-9/h3,6,8,14,18H,1-2,4-5,7H2/b13-11+. The second-order valence-electron chi connectivity index (χ2n) is 4.22. The maximum atomic E-state index is 12.9. The molecule has 1 aliphatic heterocycles. The largest absolute Gasteiger partial charge is 0.312 e. The summed E-state index contributed by atoms with van der Waals surface area (Å²) in [5.41, 5.74) is 2.56. The smallest absolute Gasteiger partial charge is 0.280 e. The van der Waals surface area contributed by atoms with Crippen molar-refractivity contribution in [3.8, 4) is 0 Å². The van der Waals surface area contributed by atoms with Gasteiger partial charge in [-0.2, -0.15) is 0 Å². The Morgan fingerprint density at radius 3 is 2.95 bits per heavy atom. The summed E-state index contributed by atoms with van der Waals surface area (Å²) in [6.45, 7) is 8.36. The Hall–Kier alpha value is -1.88. The van der Waals surface area contributed by atoms with E-state index in [9.17, 15) is 8.78 Å². The lowest BCUT2D eigenvalue weighted by Gasteiger charge is -2.17. The van der Waals surface area contributed by atoms with E-state index in [1.54, 1.807) is 6.20 Å². The van der Waals surface area contributed by atoms with Crippen LogP contribution in [0.3, 0.4) is 0 Å². The van der Waals surface area contributed by atoms with E-state index < -0.39 is 6.43 Å². The summed E-state index contributed by atoms with van der Waals surface area (Å²) in [6, 6.07) is 1.86. The van der Waals surface area contributed by atoms with Gasteiger partial charge in [-0.25, -0.2) is 8.78 Å². The van der Waals surface area contributed by atoms with E-state index in [2.05, 4.69) is 28.6 Å². The van der Waals surface area contributed by atoms with Gasteiger partial charge in [0.2, 0.25) is 0 Å². The highest BCUT2D eigenvalue weighted by molar-refractivity contribution is 5.77. The lowest BCUT2D eigenvalue weighted by Crippen LogP contribution is -2.24. The molecule has 0 radical (unpaired) electrons. The molecule has 0 fully saturated rings. The number of allylic oxidation sites excluding steroid dienone is 3. The van der Waals surface area contributed by atoms with Crippen molar-refractivity contribution in [2.75, 3.05) is 6.54 Å². The number of aliphatic imine (C=N–C) groups is 1. The molecule has 0 saturated carbocycles. The van der Waals surface area contributed by atoms with E-state index in [0.29, 0.717) is 12.1 Å². The molecule has 0 saturated heterocycles. The van der Waals surface area contributed by atoms with Gasteiger partial charge in [-0.3, -0.25) is 9.98 Å². The molecular formula is C14H15F2N3. The number of pyridine rings is 1. The molecule has 0 aromatic carbocycles. The molecule has 1 N–H and O–H groups in total. The van der Waals surface area contributed by atoms with Crippen LogP contribution in [0.2, 0.25) is 0 Å². The monoisotopic (exact) mass is 263 g/mol. The fraction of sp³-hybridized carbons (Fsp3) is 0.286. The third kappa shape index (κ3) is 2.76. The first-order valence-electron chi connectivity index (χ1n) is 5.97. The van der Waals surface area contributed by atoms with E-state index in [1.807, 2.05) is 6.07 Å². The number of fused-ring (bicyclic) bond motifs is 1. The zero-order valence-electron chi connectivity index (χ0n) is 10.5. The van der Waals surface area contributed by atoms with Gasteiger partial charge >= 0.3 is 0 Å². The third-order valence-corrected chi connectivity index (χ3v) is 3.08. The average molecular weight is 263 g/mol. The molecule has 0 aliphatic carbocycles. The van der Waals surface area contributed by atoms with Crippen LogP contribution >= 0.6 is 0 Å². The predicted octanol–water partition coefficient (Wildman–Crippen LogP) is 2.59. The first-order valence-corrected chi connectivity index (χ1v) is 5.97. The minimum absolute atomic E-state index is 0.283. The molecule has 1 aromatic heterocycles. The van der Waals surface area contributed by atoms with Gasteiger partial charge < -0.3 is 5.32 Å². The van der Waals surface area contributed by atoms with Crippen molar-refractivity contribution in [3.63, 3.8) is 0 Å². The molecule has 100 valence electrons. The number of aromatic nitrogens is 1. The van der Waals surface area contributed by atoms with Crippen molar-refractivity contribution in [1.82, 2.24) is 10.3 Å². The maximum absolute atomic E-state index is 12.9. The molecule has 0 unspecified atom stereocenters. The van der Waals surface area contributed by atoms with Crippen LogP contribution in [0.5, 0.6) is 0 Å². The van der Waals surface area contributed by atoms with Crippen LogP contribution in [0.25, 0.3) is 5.57 Å². The number of nitrogens with zero attached hydrogens (tertiary/aromatic N) is 2. The summed E-state index contributed by atoms with van der Waals surface area (Å²) in [6.07, 6.45) is 1.13. The molecule has 0 atom stereocenters. The third-order valence-electron chi connectivity index (χ3n) is 3.08. The van der Waals surface area contributed by atoms with Gasteiger partial charge in [-0.1, -0.05) is 12.7 Å². The van der Waals surface area contributed by atoms with Crippen LogP contribution in [0.4, 0.5) is 8.78 Å². The number of alkyl halides is 2. The van der Waals surface area contributed by atoms with Gasteiger partial charge in [-0.15, -0.1) is 0 Å². The highest BCUT2D eigenvalue weighted by Gasteiger charge is 2.17. The highest BCUT2D eigenvalue weighted by Crippen LogP contribution is 2.26. The summed E-state index contributed by atoms with van der Waals surface area (Å²) in [5.74, 6) is 0. The summed E-state index contributed by atoms with van der Waals surface area (Å²) in [4.78, 5) is 7.75. The topological polar surface area (TPSA) is 37.3 Å². The zero-order chi connectivity index (χ0) is 13.8. The van der Waals surface area contributed by atoms with Crippen LogP contribution in [0.1, 0.15) is 16.8 Å². The minimum Gasteiger partial charge on any atom is -0.312 e. The van der Waals surface area contributed by atoms with E-state index in [4.69, 9.17) is 0 Å². The maximum Gasteiger partial charge on any atom is 0.280 e. The molecule has 0 bridgehead atoms. The number of rotatable bonds is 4. The Labute approximate surface area is 110 Å². The van der Waals surface area contributed by atoms with Crippen molar-refractivity contribution < 1.29 is 8.78 Å². The van der Waals surface area contributed by atoms with Gasteiger partial charge in [0.1, 0.15) is 5.70 Å². The first kappa shape index (κ1) is 13.5. The predicted molar refractivity (Wildman–Crippen MR) is 72.3 cm³/mol. The minimum atomic E-state index is -2.68. The summed E-state index contributed by atoms with van der Waals surface area (Å²) in [5, 5.41) is 3.23.